The number of halogens is 2. The van der Waals surface area contributed by atoms with Crippen molar-refractivity contribution in [3.05, 3.63) is 76.4 Å². The highest BCUT2D eigenvalue weighted by molar-refractivity contribution is 6.35. The lowest BCUT2D eigenvalue weighted by Crippen LogP contribution is -2.19. The number of ether oxygens (including phenoxy) is 1. The number of hydrogen-bond acceptors (Lipinski definition) is 6. The summed E-state index contributed by atoms with van der Waals surface area (Å²) >= 11 is 12.4. The molecule has 0 saturated carbocycles. The maximum atomic E-state index is 12.9. The van der Waals surface area contributed by atoms with Gasteiger partial charge in [-0.2, -0.15) is 0 Å². The van der Waals surface area contributed by atoms with Crippen LogP contribution in [0.5, 0.6) is 11.6 Å². The normalized spacial score (nSPS) is 11.1. The van der Waals surface area contributed by atoms with Crippen molar-refractivity contribution in [3.63, 3.8) is 0 Å². The highest BCUT2D eigenvalue weighted by Crippen LogP contribution is 2.32. The minimum absolute atomic E-state index is 0.142. The van der Waals surface area contributed by atoms with Gasteiger partial charge in [0.1, 0.15) is 12.4 Å². The van der Waals surface area contributed by atoms with Gasteiger partial charge < -0.3 is 20.1 Å². The highest BCUT2D eigenvalue weighted by Gasteiger charge is 2.14. The number of aromatic nitrogens is 2. The van der Waals surface area contributed by atoms with Crippen LogP contribution < -0.4 is 10.1 Å². The number of carbonyl (C=O) groups excluding carboxylic acids is 1. The lowest BCUT2D eigenvalue weighted by Gasteiger charge is -2.13. The van der Waals surface area contributed by atoms with Crippen LogP contribution in [0.3, 0.4) is 0 Å². The summed E-state index contributed by atoms with van der Waals surface area (Å²) in [6.07, 6.45) is 0. The van der Waals surface area contributed by atoms with Crippen LogP contribution in [0.2, 0.25) is 10.2 Å². The molecular formula is C25H22Cl2N4O3. The maximum absolute atomic E-state index is 12.9. The van der Waals surface area contributed by atoms with Crippen LogP contribution in [0.15, 0.2) is 60.7 Å². The molecule has 2 N–H and O–H groups in total. The third-order valence-corrected chi connectivity index (χ3v) is 5.78. The van der Waals surface area contributed by atoms with Crippen LogP contribution in [0.1, 0.15) is 10.4 Å². The molecule has 1 heterocycles. The lowest BCUT2D eigenvalue weighted by atomic mass is 10.0. The van der Waals surface area contributed by atoms with Crippen molar-refractivity contribution in [2.24, 2.45) is 0 Å². The molecule has 0 atom stereocenters. The van der Waals surface area contributed by atoms with Gasteiger partial charge in [-0.15, -0.1) is 10.2 Å². The number of amides is 1. The topological polar surface area (TPSA) is 87.6 Å². The van der Waals surface area contributed by atoms with Crippen LogP contribution in [0.25, 0.3) is 21.9 Å². The standard InChI is InChI=1S/C25H22Cl2N4O3/c1-31(2)10-11-34-18-5-3-4-15(12-18)16-7-9-21(26)22(14-16)28-24(32)17-6-8-19-20(13-17)25(33)30-29-23(19)27/h3-9,12-14H,10-11H2,1-2H3,(H,28,32)(H,30,33). The van der Waals surface area contributed by atoms with Crippen molar-refractivity contribution < 1.29 is 14.6 Å². The maximum Gasteiger partial charge on any atom is 0.255 e. The number of anilines is 1. The van der Waals surface area contributed by atoms with Crippen molar-refractivity contribution in [2.75, 3.05) is 32.6 Å². The molecular weight excluding hydrogens is 475 g/mol. The molecule has 9 heteroatoms. The fourth-order valence-electron chi connectivity index (χ4n) is 3.36. The van der Waals surface area contributed by atoms with Crippen molar-refractivity contribution in [2.45, 2.75) is 0 Å². The van der Waals surface area contributed by atoms with Gasteiger partial charge in [-0.1, -0.05) is 47.5 Å². The van der Waals surface area contributed by atoms with Gasteiger partial charge in [-0.25, -0.2) is 0 Å². The smallest absolute Gasteiger partial charge is 0.255 e. The van der Waals surface area contributed by atoms with Crippen LogP contribution >= 0.6 is 23.2 Å². The molecule has 174 valence electrons. The first kappa shape index (κ1) is 23.8. The number of nitrogens with one attached hydrogen (secondary N) is 1. The Bertz CT molecular complexity index is 1360. The van der Waals surface area contributed by atoms with Crippen molar-refractivity contribution in [3.8, 4) is 22.8 Å². The number of aromatic hydroxyl groups is 1. The van der Waals surface area contributed by atoms with Crippen LogP contribution in [0, 0.1) is 0 Å². The van der Waals surface area contributed by atoms with Gasteiger partial charge in [0.2, 0.25) is 5.88 Å². The van der Waals surface area contributed by atoms with E-state index in [-0.39, 0.29) is 11.0 Å². The minimum Gasteiger partial charge on any atom is -0.492 e. The van der Waals surface area contributed by atoms with E-state index < -0.39 is 5.91 Å². The Labute approximate surface area is 206 Å². The average molecular weight is 497 g/mol. The molecule has 0 radical (unpaired) electrons. The fraction of sp³-hybridized carbons (Fsp3) is 0.160. The summed E-state index contributed by atoms with van der Waals surface area (Å²) in [5, 5.41) is 21.5. The Balaban J connectivity index is 1.57. The van der Waals surface area contributed by atoms with E-state index in [0.29, 0.717) is 33.7 Å². The van der Waals surface area contributed by atoms with Gasteiger partial charge in [0.15, 0.2) is 5.15 Å². The highest BCUT2D eigenvalue weighted by atomic mass is 35.5. The fourth-order valence-corrected chi connectivity index (χ4v) is 3.72. The van der Waals surface area contributed by atoms with Gasteiger partial charge in [0, 0.05) is 22.9 Å². The molecule has 0 aliphatic rings. The molecule has 0 aliphatic heterocycles. The van der Waals surface area contributed by atoms with E-state index in [0.717, 1.165) is 23.4 Å². The summed E-state index contributed by atoms with van der Waals surface area (Å²) in [7, 11) is 3.99. The number of hydrogen-bond donors (Lipinski definition) is 2. The summed E-state index contributed by atoms with van der Waals surface area (Å²) in [5.41, 5.74) is 2.57. The third kappa shape index (κ3) is 5.39. The molecule has 0 fully saturated rings. The summed E-state index contributed by atoms with van der Waals surface area (Å²) in [4.78, 5) is 15.0. The molecule has 0 spiro atoms. The van der Waals surface area contributed by atoms with Crippen molar-refractivity contribution in [1.29, 1.82) is 0 Å². The summed E-state index contributed by atoms with van der Waals surface area (Å²) in [6.45, 7) is 1.39. The minimum atomic E-state index is -0.394. The zero-order chi connectivity index (χ0) is 24.2. The van der Waals surface area contributed by atoms with Gasteiger partial charge in [0.25, 0.3) is 5.91 Å². The Morgan fingerprint density at radius 2 is 1.79 bits per heavy atom. The first-order chi connectivity index (χ1) is 16.3. The Hall–Kier alpha value is -3.39. The van der Waals surface area contributed by atoms with Gasteiger partial charge in [0.05, 0.1) is 10.7 Å². The van der Waals surface area contributed by atoms with Gasteiger partial charge >= 0.3 is 0 Å². The number of fused-ring (bicyclic) bond motifs is 1. The second-order valence-electron chi connectivity index (χ2n) is 7.90. The number of nitrogens with zero attached hydrogens (tertiary/aromatic N) is 3. The quantitative estimate of drug-likeness (QED) is 0.351. The van der Waals surface area contributed by atoms with E-state index in [9.17, 15) is 9.90 Å². The summed E-state index contributed by atoms with van der Waals surface area (Å²) < 4.78 is 5.83. The van der Waals surface area contributed by atoms with Crippen LogP contribution in [-0.4, -0.2) is 53.4 Å². The molecule has 4 rings (SSSR count). The van der Waals surface area contributed by atoms with Crippen LogP contribution in [-0.2, 0) is 0 Å². The van der Waals surface area contributed by atoms with Gasteiger partial charge in [-0.05, 0) is 61.6 Å². The first-order valence-corrected chi connectivity index (χ1v) is 11.2. The van der Waals surface area contributed by atoms with E-state index in [1.165, 1.54) is 6.07 Å². The van der Waals surface area contributed by atoms with Crippen molar-refractivity contribution in [1.82, 2.24) is 15.1 Å². The second-order valence-corrected chi connectivity index (χ2v) is 8.67. The molecule has 1 amide bonds. The van der Waals surface area contributed by atoms with E-state index in [2.05, 4.69) is 20.4 Å². The molecule has 7 nitrogen and oxygen atoms in total. The number of carbonyl (C=O) groups is 1. The summed E-state index contributed by atoms with van der Waals surface area (Å²) in [5.74, 6) is 0.0634. The molecule has 0 unspecified atom stereocenters. The number of benzene rings is 3. The monoisotopic (exact) mass is 496 g/mol. The Morgan fingerprint density at radius 1 is 1.00 bits per heavy atom. The number of rotatable bonds is 7. The van der Waals surface area contributed by atoms with Gasteiger partial charge in [-0.3, -0.25) is 4.79 Å². The predicted molar refractivity (Wildman–Crippen MR) is 135 cm³/mol. The lowest BCUT2D eigenvalue weighted by molar-refractivity contribution is 0.102. The predicted octanol–water partition coefficient (Wildman–Crippen LogP) is 5.50. The van der Waals surface area contributed by atoms with E-state index in [4.69, 9.17) is 27.9 Å². The molecule has 0 saturated heterocycles. The zero-order valence-electron chi connectivity index (χ0n) is 18.5. The third-order valence-electron chi connectivity index (χ3n) is 5.17. The molecule has 34 heavy (non-hydrogen) atoms. The summed E-state index contributed by atoms with van der Waals surface area (Å²) in [6, 6.07) is 17.9. The van der Waals surface area contributed by atoms with E-state index >= 15 is 0 Å². The Kier molecular flexibility index (Phi) is 7.17. The molecule has 1 aromatic heterocycles. The largest absolute Gasteiger partial charge is 0.492 e. The first-order valence-electron chi connectivity index (χ1n) is 10.5. The molecule has 0 bridgehead atoms. The zero-order valence-corrected chi connectivity index (χ0v) is 20.1. The average Bonchev–Trinajstić information content (AvgIpc) is 2.82. The number of likely N-dealkylation sites (N-methyl/N-ethyl adjacent to an activating group) is 1. The second kappa shape index (κ2) is 10.3. The van der Waals surface area contributed by atoms with E-state index in [1.54, 1.807) is 24.3 Å². The molecule has 3 aromatic carbocycles. The van der Waals surface area contributed by atoms with E-state index in [1.807, 2.05) is 44.4 Å². The van der Waals surface area contributed by atoms with Crippen LogP contribution in [0.4, 0.5) is 5.69 Å². The van der Waals surface area contributed by atoms with Crippen molar-refractivity contribution >= 4 is 45.6 Å². The Morgan fingerprint density at radius 3 is 2.59 bits per heavy atom. The molecule has 4 aromatic rings. The molecule has 0 aliphatic carbocycles. The SMILES string of the molecule is CN(C)CCOc1cccc(-c2ccc(Cl)c(NC(=O)c3ccc4c(Cl)nnc(O)c4c3)c2)c1.